The molecule has 32 heavy (non-hydrogen) atoms. The van der Waals surface area contributed by atoms with Crippen LogP contribution >= 0.6 is 11.6 Å². The van der Waals surface area contributed by atoms with Crippen molar-refractivity contribution in [1.82, 2.24) is 10.2 Å². The van der Waals surface area contributed by atoms with E-state index in [2.05, 4.69) is 10.6 Å². The van der Waals surface area contributed by atoms with Gasteiger partial charge in [-0.2, -0.15) is 13.2 Å². The highest BCUT2D eigenvalue weighted by Crippen LogP contribution is 2.40. The Labute approximate surface area is 185 Å². The van der Waals surface area contributed by atoms with Crippen molar-refractivity contribution in [2.24, 2.45) is 0 Å². The Morgan fingerprint density at radius 1 is 1.28 bits per heavy atom. The number of halogens is 5. The van der Waals surface area contributed by atoms with Crippen LogP contribution in [0.3, 0.4) is 0 Å². The lowest BCUT2D eigenvalue weighted by atomic mass is 9.92. The number of carbonyl (C=O) groups excluding carboxylic acids is 2. The molecule has 0 aromatic heterocycles. The fourth-order valence-electron chi connectivity index (χ4n) is 4.07. The Morgan fingerprint density at radius 3 is 2.75 bits per heavy atom. The van der Waals surface area contributed by atoms with Gasteiger partial charge < -0.3 is 20.6 Å². The lowest BCUT2D eigenvalue weighted by Crippen LogP contribution is -2.58. The number of nitrogens with one attached hydrogen (secondary N) is 2. The lowest BCUT2D eigenvalue weighted by Gasteiger charge is -2.40. The van der Waals surface area contributed by atoms with Crippen molar-refractivity contribution in [2.45, 2.75) is 30.7 Å². The summed E-state index contributed by atoms with van der Waals surface area (Å²) in [5.74, 6) is -1.04. The Kier molecular flexibility index (Phi) is 5.54. The first-order valence-corrected chi connectivity index (χ1v) is 10.1. The summed E-state index contributed by atoms with van der Waals surface area (Å²) in [5.41, 5.74) is -2.02. The zero-order chi connectivity index (χ0) is 23.3. The second kappa shape index (κ2) is 7.93. The van der Waals surface area contributed by atoms with E-state index in [1.165, 1.54) is 24.3 Å². The van der Waals surface area contributed by atoms with Crippen LogP contribution in [0.25, 0.3) is 0 Å². The van der Waals surface area contributed by atoms with Crippen LogP contribution in [0.1, 0.15) is 40.4 Å². The zero-order valence-corrected chi connectivity index (χ0v) is 17.2. The van der Waals surface area contributed by atoms with E-state index in [0.717, 1.165) is 17.0 Å². The van der Waals surface area contributed by atoms with Gasteiger partial charge in [-0.05, 0) is 43.2 Å². The van der Waals surface area contributed by atoms with Crippen molar-refractivity contribution in [3.63, 3.8) is 0 Å². The molecular weight excluding hydrogens is 454 g/mol. The van der Waals surface area contributed by atoms with E-state index in [0.29, 0.717) is 5.56 Å². The largest absolute Gasteiger partial charge is 0.418 e. The second-order valence-corrected chi connectivity index (χ2v) is 8.23. The van der Waals surface area contributed by atoms with E-state index in [1.807, 2.05) is 0 Å². The smallest absolute Gasteiger partial charge is 0.379 e. The summed E-state index contributed by atoms with van der Waals surface area (Å²) in [5, 5.41) is 15.4. The van der Waals surface area contributed by atoms with Crippen LogP contribution in [0.15, 0.2) is 36.4 Å². The van der Waals surface area contributed by atoms with E-state index in [4.69, 9.17) is 11.6 Å². The summed E-state index contributed by atoms with van der Waals surface area (Å²) < 4.78 is 53.5. The van der Waals surface area contributed by atoms with Crippen LogP contribution in [0, 0.1) is 5.82 Å². The van der Waals surface area contributed by atoms with Crippen molar-refractivity contribution in [2.75, 3.05) is 18.4 Å². The zero-order valence-electron chi connectivity index (χ0n) is 16.5. The van der Waals surface area contributed by atoms with E-state index < -0.39 is 48.5 Å². The van der Waals surface area contributed by atoms with Gasteiger partial charge in [0.15, 0.2) is 5.60 Å². The molecule has 4 rings (SSSR count). The van der Waals surface area contributed by atoms with Gasteiger partial charge in [0.1, 0.15) is 5.82 Å². The van der Waals surface area contributed by atoms with Crippen molar-refractivity contribution in [1.29, 1.82) is 0 Å². The Balaban J connectivity index is 1.65. The Morgan fingerprint density at radius 2 is 2.03 bits per heavy atom. The molecule has 0 saturated carbocycles. The van der Waals surface area contributed by atoms with Crippen LogP contribution < -0.4 is 10.6 Å². The maximum absolute atomic E-state index is 13.8. The highest BCUT2D eigenvalue weighted by atomic mass is 35.5. The molecule has 0 radical (unpaired) electrons. The van der Waals surface area contributed by atoms with Crippen LogP contribution in [-0.2, 0) is 0 Å². The third kappa shape index (κ3) is 3.88. The van der Waals surface area contributed by atoms with Gasteiger partial charge in [-0.15, -0.1) is 0 Å². The average Bonchev–Trinajstić information content (AvgIpc) is 3.06. The van der Waals surface area contributed by atoms with Gasteiger partial charge in [0.2, 0.25) is 0 Å². The van der Waals surface area contributed by atoms with Gasteiger partial charge in [0, 0.05) is 33.9 Å². The first-order chi connectivity index (χ1) is 15.0. The number of hydrogen-bond acceptors (Lipinski definition) is 3. The number of rotatable bonds is 2. The Bertz CT molecular complexity index is 1090. The fourth-order valence-corrected chi connectivity index (χ4v) is 4.30. The summed E-state index contributed by atoms with van der Waals surface area (Å²) in [7, 11) is 0. The lowest BCUT2D eigenvalue weighted by molar-refractivity contribution is -0.271. The number of benzene rings is 2. The molecule has 11 heteroatoms. The van der Waals surface area contributed by atoms with E-state index >= 15 is 0 Å². The number of amides is 3. The van der Waals surface area contributed by atoms with Crippen LogP contribution in [0.4, 0.5) is 28.0 Å². The number of alkyl halides is 3. The van der Waals surface area contributed by atoms with E-state index in [1.54, 1.807) is 0 Å². The average molecular weight is 472 g/mol. The monoisotopic (exact) mass is 471 g/mol. The molecule has 3 N–H and O–H groups in total. The maximum atomic E-state index is 13.8. The maximum Gasteiger partial charge on any atom is 0.418 e. The molecular formula is C21H18ClF4N3O3. The van der Waals surface area contributed by atoms with Gasteiger partial charge in [0.05, 0.1) is 12.6 Å². The first kappa shape index (κ1) is 22.3. The summed E-state index contributed by atoms with van der Waals surface area (Å²) in [4.78, 5) is 26.1. The summed E-state index contributed by atoms with van der Waals surface area (Å²) in [6, 6.07) is 6.43. The Hall–Kier alpha value is -2.85. The number of nitrogens with zero attached hydrogens (tertiary/aromatic N) is 1. The third-order valence-electron chi connectivity index (χ3n) is 5.71. The minimum Gasteiger partial charge on any atom is -0.379 e. The summed E-state index contributed by atoms with van der Waals surface area (Å²) in [6.07, 6.45) is -5.41. The summed E-state index contributed by atoms with van der Waals surface area (Å²) >= 11 is 6.20. The quantitative estimate of drug-likeness (QED) is 0.573. The van der Waals surface area contributed by atoms with Gasteiger partial charge in [0.25, 0.3) is 5.91 Å². The van der Waals surface area contributed by atoms with Gasteiger partial charge in [-0.3, -0.25) is 4.79 Å². The highest BCUT2D eigenvalue weighted by molar-refractivity contribution is 6.31. The normalized spacial score (nSPS) is 23.0. The molecule has 0 unspecified atom stereocenters. The fraction of sp³-hybridized carbons (Fsp3) is 0.333. The SMILES string of the molecule is O=C1N[C@@H](c2cc(F)ccc2Cl)c2c(NC(=O)N3CCC[C@](O)(C(F)(F)F)C3)cccc21. The number of hydrogen-bond donors (Lipinski definition) is 3. The first-order valence-electron chi connectivity index (χ1n) is 9.74. The number of urea groups is 1. The van der Waals surface area contributed by atoms with Gasteiger partial charge in [-0.25, -0.2) is 9.18 Å². The predicted octanol–water partition coefficient (Wildman–Crippen LogP) is 4.23. The molecule has 170 valence electrons. The standard InChI is InChI=1S/C21H18ClF4N3O3/c22-14-6-5-11(23)9-13(14)17-16-12(18(30)28-17)3-1-4-15(16)27-19(31)29-8-2-7-20(32,10-29)21(24,25)26/h1,3-6,9,17,32H,2,7-8,10H2,(H,27,31)(H,28,30)/t17-,20+/m0/s1. The van der Waals surface area contributed by atoms with Gasteiger partial charge in [-0.1, -0.05) is 17.7 Å². The topological polar surface area (TPSA) is 81.7 Å². The van der Waals surface area contributed by atoms with Crippen LogP contribution in [0.2, 0.25) is 5.02 Å². The van der Waals surface area contributed by atoms with Crippen molar-refractivity contribution in [3.8, 4) is 0 Å². The number of β-amino-alcohol motifs (C(OH)–C–C–N with tert-alkyl or cyclic N) is 1. The van der Waals surface area contributed by atoms with Gasteiger partial charge >= 0.3 is 12.2 Å². The van der Waals surface area contributed by atoms with Crippen molar-refractivity contribution < 1.29 is 32.3 Å². The molecule has 1 fully saturated rings. The van der Waals surface area contributed by atoms with Crippen LogP contribution in [0.5, 0.6) is 0 Å². The summed E-state index contributed by atoms with van der Waals surface area (Å²) in [6.45, 7) is -0.886. The second-order valence-electron chi connectivity index (χ2n) is 7.82. The molecule has 2 aromatic rings. The molecule has 3 amide bonds. The molecule has 0 aliphatic carbocycles. The number of carbonyl (C=O) groups is 2. The predicted molar refractivity (Wildman–Crippen MR) is 108 cm³/mol. The van der Waals surface area contributed by atoms with Crippen molar-refractivity contribution in [3.05, 3.63) is 63.9 Å². The minimum atomic E-state index is -4.88. The minimum absolute atomic E-state index is 0.0234. The van der Waals surface area contributed by atoms with Crippen LogP contribution in [-0.4, -0.2) is 46.8 Å². The third-order valence-corrected chi connectivity index (χ3v) is 6.06. The number of fused-ring (bicyclic) bond motifs is 1. The van der Waals surface area contributed by atoms with Crippen molar-refractivity contribution >= 4 is 29.2 Å². The molecule has 6 nitrogen and oxygen atoms in total. The van der Waals surface area contributed by atoms with E-state index in [9.17, 15) is 32.3 Å². The number of piperidine rings is 1. The highest BCUT2D eigenvalue weighted by Gasteiger charge is 2.56. The molecule has 0 bridgehead atoms. The molecule has 0 spiro atoms. The number of anilines is 1. The molecule has 2 heterocycles. The molecule has 2 atom stereocenters. The number of likely N-dealkylation sites (tertiary alicyclic amines) is 1. The van der Waals surface area contributed by atoms with E-state index in [-0.39, 0.29) is 34.8 Å². The molecule has 2 aliphatic heterocycles. The molecule has 1 saturated heterocycles. The molecule has 2 aliphatic rings. The number of aliphatic hydroxyl groups is 1. The molecule has 2 aromatic carbocycles.